The van der Waals surface area contributed by atoms with Crippen LogP contribution in [0.15, 0.2) is 52.9 Å². The third-order valence-electron chi connectivity index (χ3n) is 4.63. The second-order valence-corrected chi connectivity index (χ2v) is 6.39. The molecule has 132 valence electrons. The highest BCUT2D eigenvalue weighted by Crippen LogP contribution is 2.31. The molecule has 1 aromatic heterocycles. The highest BCUT2D eigenvalue weighted by molar-refractivity contribution is 6.07. The van der Waals surface area contributed by atoms with Gasteiger partial charge in [-0.25, -0.2) is 0 Å². The van der Waals surface area contributed by atoms with Gasteiger partial charge in [0.25, 0.3) is 5.91 Å². The number of benzene rings is 2. The van der Waals surface area contributed by atoms with Gasteiger partial charge in [0.1, 0.15) is 5.58 Å². The number of para-hydroxylation sites is 1. The lowest BCUT2D eigenvalue weighted by Crippen LogP contribution is -2.22. The molecule has 3 aromatic rings. The number of nitrogens with zero attached hydrogens (tertiary/aromatic N) is 1. The summed E-state index contributed by atoms with van der Waals surface area (Å²) in [5.74, 6) is -0.663. The fourth-order valence-electron chi connectivity index (χ4n) is 3.30. The van der Waals surface area contributed by atoms with Crippen molar-refractivity contribution in [1.82, 2.24) is 0 Å². The van der Waals surface area contributed by atoms with Crippen LogP contribution in [0.5, 0.6) is 0 Å². The van der Waals surface area contributed by atoms with Crippen molar-refractivity contribution in [3.05, 3.63) is 59.9 Å². The van der Waals surface area contributed by atoms with E-state index < -0.39 is 5.91 Å². The van der Waals surface area contributed by atoms with Crippen LogP contribution in [0.4, 0.5) is 11.4 Å². The van der Waals surface area contributed by atoms with Gasteiger partial charge in [0.15, 0.2) is 5.76 Å². The summed E-state index contributed by atoms with van der Waals surface area (Å²) in [6.07, 6.45) is 2.21. The summed E-state index contributed by atoms with van der Waals surface area (Å²) in [7, 11) is 0. The minimum Gasteiger partial charge on any atom is -0.451 e. The fraction of sp³-hybridized carbons (Fsp3) is 0.200. The number of nitrogens with one attached hydrogen (secondary N) is 1. The molecule has 26 heavy (non-hydrogen) atoms. The van der Waals surface area contributed by atoms with E-state index in [0.29, 0.717) is 16.8 Å². The number of rotatable bonds is 4. The summed E-state index contributed by atoms with van der Waals surface area (Å²) < 4.78 is 5.63. The molecule has 2 aromatic carbocycles. The van der Waals surface area contributed by atoms with E-state index in [4.69, 9.17) is 10.2 Å². The first kappa shape index (κ1) is 16.2. The Morgan fingerprint density at radius 2 is 1.81 bits per heavy atom. The number of fused-ring (bicyclic) bond motifs is 1. The van der Waals surface area contributed by atoms with Gasteiger partial charge < -0.3 is 20.4 Å². The maximum absolute atomic E-state index is 12.7. The molecule has 0 bridgehead atoms. The largest absolute Gasteiger partial charge is 0.451 e. The number of carbonyl (C=O) groups excluding carboxylic acids is 2. The minimum atomic E-state index is -0.530. The number of carbonyl (C=O) groups is 2. The SMILES string of the molecule is NC(=O)c1ccc(N2CCCC2)c(NC(=O)c2cc3ccccc3o2)c1. The molecule has 1 aliphatic heterocycles. The van der Waals surface area contributed by atoms with Gasteiger partial charge in [-0.1, -0.05) is 18.2 Å². The van der Waals surface area contributed by atoms with Crippen molar-refractivity contribution in [3.8, 4) is 0 Å². The predicted molar refractivity (Wildman–Crippen MR) is 101 cm³/mol. The molecule has 2 heterocycles. The molecule has 1 aliphatic rings. The molecule has 6 heteroatoms. The Morgan fingerprint density at radius 3 is 2.54 bits per heavy atom. The normalized spacial score (nSPS) is 13.9. The van der Waals surface area contributed by atoms with Crippen molar-refractivity contribution in [2.75, 3.05) is 23.3 Å². The molecule has 0 atom stereocenters. The van der Waals surface area contributed by atoms with Gasteiger partial charge in [-0.3, -0.25) is 9.59 Å². The zero-order valence-electron chi connectivity index (χ0n) is 14.2. The highest BCUT2D eigenvalue weighted by Gasteiger charge is 2.20. The number of hydrogen-bond donors (Lipinski definition) is 2. The lowest BCUT2D eigenvalue weighted by molar-refractivity contribution is 0.0989. The van der Waals surface area contributed by atoms with Gasteiger partial charge in [0.05, 0.1) is 11.4 Å². The number of hydrogen-bond acceptors (Lipinski definition) is 4. The van der Waals surface area contributed by atoms with Crippen LogP contribution in [0, 0.1) is 0 Å². The monoisotopic (exact) mass is 349 g/mol. The highest BCUT2D eigenvalue weighted by atomic mass is 16.3. The average Bonchev–Trinajstić information content (AvgIpc) is 3.31. The minimum absolute atomic E-state index is 0.225. The zero-order chi connectivity index (χ0) is 18.1. The fourth-order valence-corrected chi connectivity index (χ4v) is 3.30. The lowest BCUT2D eigenvalue weighted by atomic mass is 10.1. The quantitative estimate of drug-likeness (QED) is 0.756. The van der Waals surface area contributed by atoms with E-state index in [1.165, 1.54) is 0 Å². The standard InChI is InChI=1S/C20H19N3O3/c21-19(24)14-7-8-16(23-9-3-4-10-23)15(11-14)22-20(25)18-12-13-5-1-2-6-17(13)26-18/h1-2,5-8,11-12H,3-4,9-10H2,(H2,21,24)(H,22,25). The molecule has 1 saturated heterocycles. The number of primary amides is 1. The Kier molecular flexibility index (Phi) is 4.08. The summed E-state index contributed by atoms with van der Waals surface area (Å²) in [6, 6.07) is 14.3. The Bertz CT molecular complexity index is 954. The Hall–Kier alpha value is -3.28. The van der Waals surface area contributed by atoms with Gasteiger partial charge in [0, 0.05) is 24.0 Å². The molecule has 0 saturated carbocycles. The maximum atomic E-state index is 12.7. The van der Waals surface area contributed by atoms with Crippen molar-refractivity contribution in [2.45, 2.75) is 12.8 Å². The summed E-state index contributed by atoms with van der Waals surface area (Å²) in [5.41, 5.74) is 7.86. The topological polar surface area (TPSA) is 88.6 Å². The van der Waals surface area contributed by atoms with E-state index in [1.807, 2.05) is 30.3 Å². The zero-order valence-corrected chi connectivity index (χ0v) is 14.2. The lowest BCUT2D eigenvalue weighted by Gasteiger charge is -2.22. The summed E-state index contributed by atoms with van der Waals surface area (Å²) in [5, 5.41) is 3.74. The average molecular weight is 349 g/mol. The number of furan rings is 1. The molecule has 0 unspecified atom stereocenters. The van der Waals surface area contributed by atoms with Crippen LogP contribution in [0.2, 0.25) is 0 Å². The maximum Gasteiger partial charge on any atom is 0.291 e. The second kappa shape index (κ2) is 6.55. The van der Waals surface area contributed by atoms with Crippen molar-refractivity contribution >= 4 is 34.2 Å². The van der Waals surface area contributed by atoms with Crippen molar-refractivity contribution in [2.24, 2.45) is 5.73 Å². The molecule has 1 fully saturated rings. The molecular formula is C20H19N3O3. The molecule has 0 spiro atoms. The predicted octanol–water partition coefficient (Wildman–Crippen LogP) is 3.38. The Labute approximate surface area is 150 Å². The van der Waals surface area contributed by atoms with Crippen LogP contribution in [0.3, 0.4) is 0 Å². The molecular weight excluding hydrogens is 330 g/mol. The van der Waals surface area contributed by atoms with Crippen LogP contribution in [-0.4, -0.2) is 24.9 Å². The first-order valence-electron chi connectivity index (χ1n) is 8.60. The molecule has 4 rings (SSSR count). The van der Waals surface area contributed by atoms with E-state index >= 15 is 0 Å². The van der Waals surface area contributed by atoms with E-state index in [0.717, 1.165) is 37.0 Å². The molecule has 6 nitrogen and oxygen atoms in total. The van der Waals surface area contributed by atoms with Crippen LogP contribution in [-0.2, 0) is 0 Å². The first-order chi connectivity index (χ1) is 12.6. The van der Waals surface area contributed by atoms with Crippen molar-refractivity contribution in [3.63, 3.8) is 0 Å². The van der Waals surface area contributed by atoms with Crippen LogP contribution >= 0.6 is 0 Å². The van der Waals surface area contributed by atoms with Gasteiger partial charge in [0.2, 0.25) is 5.91 Å². The van der Waals surface area contributed by atoms with E-state index in [9.17, 15) is 9.59 Å². The van der Waals surface area contributed by atoms with Gasteiger partial charge in [-0.05, 0) is 43.2 Å². The third kappa shape index (κ3) is 3.01. The van der Waals surface area contributed by atoms with Crippen molar-refractivity contribution in [1.29, 1.82) is 0 Å². The van der Waals surface area contributed by atoms with Crippen LogP contribution in [0.25, 0.3) is 11.0 Å². The smallest absolute Gasteiger partial charge is 0.291 e. The number of amides is 2. The second-order valence-electron chi connectivity index (χ2n) is 6.39. The Morgan fingerprint density at radius 1 is 1.04 bits per heavy atom. The summed E-state index contributed by atoms with van der Waals surface area (Å²) in [4.78, 5) is 26.4. The van der Waals surface area contributed by atoms with E-state index in [-0.39, 0.29) is 11.7 Å². The van der Waals surface area contributed by atoms with Crippen LogP contribution in [0.1, 0.15) is 33.8 Å². The number of anilines is 2. The van der Waals surface area contributed by atoms with Crippen LogP contribution < -0.4 is 16.0 Å². The summed E-state index contributed by atoms with van der Waals surface area (Å²) >= 11 is 0. The van der Waals surface area contributed by atoms with E-state index in [1.54, 1.807) is 18.2 Å². The first-order valence-corrected chi connectivity index (χ1v) is 8.60. The third-order valence-corrected chi connectivity index (χ3v) is 4.63. The summed E-state index contributed by atoms with van der Waals surface area (Å²) in [6.45, 7) is 1.84. The molecule has 2 amide bonds. The van der Waals surface area contributed by atoms with Crippen molar-refractivity contribution < 1.29 is 14.0 Å². The van der Waals surface area contributed by atoms with E-state index in [2.05, 4.69) is 10.2 Å². The number of nitrogens with two attached hydrogens (primary N) is 1. The van der Waals surface area contributed by atoms with Gasteiger partial charge in [-0.2, -0.15) is 0 Å². The van der Waals surface area contributed by atoms with Gasteiger partial charge >= 0.3 is 0 Å². The molecule has 0 aliphatic carbocycles. The Balaban J connectivity index is 1.67. The molecule has 3 N–H and O–H groups in total. The molecule has 0 radical (unpaired) electrons. The van der Waals surface area contributed by atoms with Gasteiger partial charge in [-0.15, -0.1) is 0 Å².